The van der Waals surface area contributed by atoms with Crippen molar-refractivity contribution in [3.05, 3.63) is 36.9 Å². The molecular weight excluding hydrogens is 257 g/mol. The van der Waals surface area contributed by atoms with Crippen LogP contribution in [0.3, 0.4) is 0 Å². The summed E-state index contributed by atoms with van der Waals surface area (Å²) < 4.78 is 14.8. The summed E-state index contributed by atoms with van der Waals surface area (Å²) in [4.78, 5) is 4.22. The van der Waals surface area contributed by atoms with Crippen LogP contribution in [-0.2, 0) is 0 Å². The van der Waals surface area contributed by atoms with E-state index < -0.39 is 0 Å². The molecule has 3 rings (SSSR count). The Kier molecular flexibility index (Phi) is 3.92. The molecule has 0 unspecified atom stereocenters. The highest BCUT2D eigenvalue weighted by atomic mass is 19.1. The molecule has 2 atom stereocenters. The van der Waals surface area contributed by atoms with E-state index in [0.29, 0.717) is 0 Å². The van der Waals surface area contributed by atoms with Crippen LogP contribution < -0.4 is 10.6 Å². The molecule has 6 heteroatoms. The third-order valence-electron chi connectivity index (χ3n) is 3.65. The van der Waals surface area contributed by atoms with Crippen LogP contribution in [-0.4, -0.2) is 40.6 Å². The lowest BCUT2D eigenvalue weighted by atomic mass is 9.94. The van der Waals surface area contributed by atoms with Gasteiger partial charge in [-0.05, 0) is 25.1 Å². The molecule has 5 nitrogen and oxygen atoms in total. The largest absolute Gasteiger partial charge is 0.381 e. The zero-order valence-electron chi connectivity index (χ0n) is 11.2. The molecule has 2 aromatic rings. The number of pyridine rings is 1. The van der Waals surface area contributed by atoms with Gasteiger partial charge in [0.15, 0.2) is 0 Å². The minimum absolute atomic E-state index is 0.0112. The van der Waals surface area contributed by atoms with E-state index in [-0.39, 0.29) is 18.6 Å². The zero-order chi connectivity index (χ0) is 13.8. The number of hydrogen-bond acceptors (Lipinski definition) is 4. The number of rotatable bonds is 4. The van der Waals surface area contributed by atoms with Crippen molar-refractivity contribution >= 4 is 5.69 Å². The summed E-state index contributed by atoms with van der Waals surface area (Å²) >= 11 is 0. The van der Waals surface area contributed by atoms with Gasteiger partial charge in [0.2, 0.25) is 0 Å². The highest BCUT2D eigenvalue weighted by molar-refractivity contribution is 5.48. The predicted molar refractivity (Wildman–Crippen MR) is 75.7 cm³/mol. The Balaban J connectivity index is 1.75. The Morgan fingerprint density at radius 3 is 3.20 bits per heavy atom. The fourth-order valence-electron chi connectivity index (χ4n) is 2.54. The smallest absolute Gasteiger partial charge is 0.0954 e. The minimum Gasteiger partial charge on any atom is -0.381 e. The molecule has 0 aromatic carbocycles. The summed E-state index contributed by atoms with van der Waals surface area (Å²) in [6, 6.07) is 4.00. The van der Waals surface area contributed by atoms with E-state index in [9.17, 15) is 4.39 Å². The first-order valence-corrected chi connectivity index (χ1v) is 6.85. The van der Waals surface area contributed by atoms with Crippen molar-refractivity contribution in [2.45, 2.75) is 12.5 Å². The van der Waals surface area contributed by atoms with Gasteiger partial charge in [-0.15, -0.1) is 0 Å². The first kappa shape index (κ1) is 13.1. The minimum atomic E-state index is -0.309. The van der Waals surface area contributed by atoms with Gasteiger partial charge in [0.25, 0.3) is 0 Å². The van der Waals surface area contributed by atoms with Gasteiger partial charge in [0.1, 0.15) is 0 Å². The number of aromatic nitrogens is 3. The Labute approximate surface area is 117 Å². The summed E-state index contributed by atoms with van der Waals surface area (Å²) in [5.41, 5.74) is 1.80. The van der Waals surface area contributed by atoms with Crippen LogP contribution in [0.5, 0.6) is 0 Å². The lowest BCUT2D eigenvalue weighted by Gasteiger charge is -2.31. The van der Waals surface area contributed by atoms with Gasteiger partial charge < -0.3 is 10.6 Å². The molecule has 2 aromatic heterocycles. The molecule has 0 bridgehead atoms. The fraction of sp³-hybridized carbons (Fsp3) is 0.429. The summed E-state index contributed by atoms with van der Waals surface area (Å²) in [5, 5.41) is 10.8. The van der Waals surface area contributed by atoms with Crippen LogP contribution in [0.1, 0.15) is 6.42 Å². The van der Waals surface area contributed by atoms with Gasteiger partial charge in [-0.3, -0.25) is 9.37 Å². The van der Waals surface area contributed by atoms with Crippen molar-refractivity contribution in [2.75, 3.05) is 25.1 Å². The summed E-state index contributed by atoms with van der Waals surface area (Å²) in [6.07, 6.45) is 8.04. The third kappa shape index (κ3) is 2.80. The van der Waals surface area contributed by atoms with E-state index in [4.69, 9.17) is 0 Å². The maximum atomic E-state index is 13.0. The van der Waals surface area contributed by atoms with E-state index in [0.717, 1.165) is 30.9 Å². The maximum absolute atomic E-state index is 13.0. The second-order valence-electron chi connectivity index (χ2n) is 5.04. The number of alkyl halides is 1. The number of hydrogen-bond donors (Lipinski definition) is 2. The molecule has 106 valence electrons. The summed E-state index contributed by atoms with van der Waals surface area (Å²) in [7, 11) is 0. The lowest BCUT2D eigenvalue weighted by Crippen LogP contribution is -2.44. The van der Waals surface area contributed by atoms with Crippen molar-refractivity contribution in [3.8, 4) is 5.69 Å². The zero-order valence-corrected chi connectivity index (χ0v) is 11.2. The average Bonchev–Trinajstić information content (AvgIpc) is 3.02. The number of halogens is 1. The molecule has 0 saturated carbocycles. The Morgan fingerprint density at radius 2 is 2.40 bits per heavy atom. The molecule has 1 aliphatic heterocycles. The van der Waals surface area contributed by atoms with E-state index >= 15 is 0 Å². The maximum Gasteiger partial charge on any atom is 0.0954 e. The standard InChI is InChI=1S/C14H18FN5/c15-7-11-8-16-4-2-14(11)19-12-6-13(10-17-9-12)20-5-1-3-18-20/h1,3,5-6,9-11,14,16,19H,2,4,7-8H2/t11-,14+/m1/s1. The molecule has 3 heterocycles. The second-order valence-corrected chi connectivity index (χ2v) is 5.04. The van der Waals surface area contributed by atoms with Crippen LogP contribution in [0, 0.1) is 5.92 Å². The van der Waals surface area contributed by atoms with Gasteiger partial charge in [0, 0.05) is 30.9 Å². The molecule has 0 spiro atoms. The number of piperidine rings is 1. The van der Waals surface area contributed by atoms with Crippen LogP contribution in [0.25, 0.3) is 5.69 Å². The molecule has 0 radical (unpaired) electrons. The van der Waals surface area contributed by atoms with E-state index in [1.165, 1.54) is 0 Å². The van der Waals surface area contributed by atoms with Gasteiger partial charge in [-0.25, -0.2) is 4.68 Å². The molecule has 1 aliphatic rings. The van der Waals surface area contributed by atoms with Crippen molar-refractivity contribution in [1.29, 1.82) is 0 Å². The molecule has 1 fully saturated rings. The van der Waals surface area contributed by atoms with E-state index in [2.05, 4.69) is 20.7 Å². The number of anilines is 1. The van der Waals surface area contributed by atoms with E-state index in [1.54, 1.807) is 23.3 Å². The second kappa shape index (κ2) is 6.00. The lowest BCUT2D eigenvalue weighted by molar-refractivity contribution is 0.274. The Bertz CT molecular complexity index is 542. The summed E-state index contributed by atoms with van der Waals surface area (Å²) in [5.74, 6) is 0.0112. The molecule has 20 heavy (non-hydrogen) atoms. The quantitative estimate of drug-likeness (QED) is 0.890. The number of nitrogens with one attached hydrogen (secondary N) is 2. The first-order chi connectivity index (χ1) is 9.86. The van der Waals surface area contributed by atoms with Crippen molar-refractivity contribution in [1.82, 2.24) is 20.1 Å². The summed E-state index contributed by atoms with van der Waals surface area (Å²) in [6.45, 7) is 1.33. The van der Waals surface area contributed by atoms with E-state index in [1.807, 2.05) is 18.3 Å². The van der Waals surface area contributed by atoms with Crippen molar-refractivity contribution in [2.24, 2.45) is 5.92 Å². The van der Waals surface area contributed by atoms with Gasteiger partial charge >= 0.3 is 0 Å². The Hall–Kier alpha value is -1.95. The van der Waals surface area contributed by atoms with Crippen LogP contribution in [0.4, 0.5) is 10.1 Å². The monoisotopic (exact) mass is 275 g/mol. The van der Waals surface area contributed by atoms with Gasteiger partial charge in [-0.2, -0.15) is 5.10 Å². The Morgan fingerprint density at radius 1 is 1.45 bits per heavy atom. The van der Waals surface area contributed by atoms with Crippen LogP contribution >= 0.6 is 0 Å². The molecule has 0 amide bonds. The highest BCUT2D eigenvalue weighted by Gasteiger charge is 2.24. The van der Waals surface area contributed by atoms with Crippen LogP contribution in [0.2, 0.25) is 0 Å². The number of nitrogens with zero attached hydrogens (tertiary/aromatic N) is 3. The third-order valence-corrected chi connectivity index (χ3v) is 3.65. The predicted octanol–water partition coefficient (Wildman–Crippen LogP) is 1.63. The first-order valence-electron chi connectivity index (χ1n) is 6.85. The molecule has 2 N–H and O–H groups in total. The topological polar surface area (TPSA) is 54.8 Å². The normalized spacial score (nSPS) is 22.6. The highest BCUT2D eigenvalue weighted by Crippen LogP contribution is 2.19. The van der Waals surface area contributed by atoms with Gasteiger partial charge in [0.05, 0.1) is 30.4 Å². The fourth-order valence-corrected chi connectivity index (χ4v) is 2.54. The molecular formula is C14H18FN5. The van der Waals surface area contributed by atoms with Crippen molar-refractivity contribution < 1.29 is 4.39 Å². The average molecular weight is 275 g/mol. The van der Waals surface area contributed by atoms with Crippen molar-refractivity contribution in [3.63, 3.8) is 0 Å². The van der Waals surface area contributed by atoms with Crippen LogP contribution in [0.15, 0.2) is 36.9 Å². The SMILES string of the molecule is FC[C@@H]1CNCC[C@@H]1Nc1cncc(-n2cccn2)c1. The van der Waals surface area contributed by atoms with Gasteiger partial charge in [-0.1, -0.05) is 0 Å². The molecule has 0 aliphatic carbocycles. The molecule has 1 saturated heterocycles.